The van der Waals surface area contributed by atoms with Crippen molar-refractivity contribution in [3.63, 3.8) is 0 Å². The monoisotopic (exact) mass is 306 g/mol. The van der Waals surface area contributed by atoms with Gasteiger partial charge in [0.1, 0.15) is 0 Å². The summed E-state index contributed by atoms with van der Waals surface area (Å²) in [6, 6.07) is 7.29. The molecule has 0 heterocycles. The molecule has 0 atom stereocenters. The van der Waals surface area contributed by atoms with Crippen molar-refractivity contribution >= 4 is 11.7 Å². The lowest BCUT2D eigenvalue weighted by molar-refractivity contribution is 0.00755. The van der Waals surface area contributed by atoms with E-state index in [0.29, 0.717) is 19.8 Å². The highest BCUT2D eigenvalue weighted by molar-refractivity contribution is 5.90. The van der Waals surface area contributed by atoms with Gasteiger partial charge >= 0.3 is 6.03 Å². The Balaban J connectivity index is 1.86. The van der Waals surface area contributed by atoms with Gasteiger partial charge in [0.2, 0.25) is 0 Å². The van der Waals surface area contributed by atoms with Crippen LogP contribution in [0.4, 0.5) is 10.5 Å². The summed E-state index contributed by atoms with van der Waals surface area (Å²) in [4.78, 5) is 12.0. The molecule has 5 heteroatoms. The van der Waals surface area contributed by atoms with Crippen molar-refractivity contribution in [2.75, 3.05) is 18.5 Å². The molecule has 1 aliphatic rings. The Morgan fingerprint density at radius 2 is 2.00 bits per heavy atom. The van der Waals surface area contributed by atoms with Crippen molar-refractivity contribution in [2.24, 2.45) is 0 Å². The Bertz CT molecular complexity index is 485. The highest BCUT2D eigenvalue weighted by Gasteiger charge is 2.29. The Labute approximate surface area is 132 Å². The van der Waals surface area contributed by atoms with Gasteiger partial charge in [-0.1, -0.05) is 37.5 Å². The number of ether oxygens (including phenoxy) is 1. The van der Waals surface area contributed by atoms with Crippen LogP contribution >= 0.6 is 0 Å². The lowest BCUT2D eigenvalue weighted by Crippen LogP contribution is -2.45. The highest BCUT2D eigenvalue weighted by Crippen LogP contribution is 2.27. The van der Waals surface area contributed by atoms with Gasteiger partial charge in [-0.25, -0.2) is 4.79 Å². The van der Waals surface area contributed by atoms with Crippen LogP contribution in [-0.2, 0) is 11.3 Å². The lowest BCUT2D eigenvalue weighted by Gasteiger charge is -2.32. The van der Waals surface area contributed by atoms with Crippen LogP contribution in [-0.4, -0.2) is 29.9 Å². The molecule has 0 radical (unpaired) electrons. The van der Waals surface area contributed by atoms with Crippen molar-refractivity contribution in [3.05, 3.63) is 29.8 Å². The molecule has 0 bridgehead atoms. The number of hydrogen-bond acceptors (Lipinski definition) is 3. The zero-order chi connectivity index (χ0) is 15.8. The molecule has 122 valence electrons. The van der Waals surface area contributed by atoms with E-state index in [2.05, 4.69) is 10.6 Å². The number of urea groups is 1. The van der Waals surface area contributed by atoms with Gasteiger partial charge in [-0.2, -0.15) is 0 Å². The predicted molar refractivity (Wildman–Crippen MR) is 86.8 cm³/mol. The second-order valence-corrected chi connectivity index (χ2v) is 5.89. The van der Waals surface area contributed by atoms with Gasteiger partial charge in [-0.05, 0) is 25.8 Å². The fraction of sp³-hybridized carbons (Fsp3) is 0.588. The minimum atomic E-state index is -0.750. The van der Waals surface area contributed by atoms with Crippen LogP contribution in [0.15, 0.2) is 24.3 Å². The van der Waals surface area contributed by atoms with Crippen molar-refractivity contribution < 1.29 is 14.6 Å². The fourth-order valence-electron chi connectivity index (χ4n) is 2.78. The van der Waals surface area contributed by atoms with E-state index in [9.17, 15) is 9.90 Å². The first-order valence-corrected chi connectivity index (χ1v) is 8.06. The third-order valence-electron chi connectivity index (χ3n) is 4.09. The van der Waals surface area contributed by atoms with E-state index >= 15 is 0 Å². The summed E-state index contributed by atoms with van der Waals surface area (Å²) < 4.78 is 5.40. The van der Waals surface area contributed by atoms with Gasteiger partial charge in [0.25, 0.3) is 0 Å². The molecule has 1 saturated carbocycles. The molecule has 0 saturated heterocycles. The number of carbonyl (C=O) groups is 1. The third-order valence-corrected chi connectivity index (χ3v) is 4.09. The van der Waals surface area contributed by atoms with Gasteiger partial charge in [0, 0.05) is 24.4 Å². The first kappa shape index (κ1) is 16.8. The summed E-state index contributed by atoms with van der Waals surface area (Å²) in [7, 11) is 0. The van der Waals surface area contributed by atoms with Gasteiger partial charge in [0.05, 0.1) is 12.2 Å². The average Bonchev–Trinajstić information content (AvgIpc) is 2.53. The summed E-state index contributed by atoms with van der Waals surface area (Å²) in [5, 5.41) is 16.0. The van der Waals surface area contributed by atoms with Gasteiger partial charge in [-0.3, -0.25) is 0 Å². The van der Waals surface area contributed by atoms with E-state index in [-0.39, 0.29) is 6.03 Å². The van der Waals surface area contributed by atoms with Gasteiger partial charge < -0.3 is 20.5 Å². The normalized spacial score (nSPS) is 17.0. The number of nitrogens with one attached hydrogen (secondary N) is 2. The molecule has 0 spiro atoms. The number of carbonyl (C=O) groups excluding carboxylic acids is 1. The number of anilines is 1. The summed E-state index contributed by atoms with van der Waals surface area (Å²) in [6.45, 7) is 3.34. The Kier molecular flexibility index (Phi) is 6.21. The standard InChI is InChI=1S/C17H26N2O3/c1-2-22-12-14-8-4-5-9-15(14)19-16(20)18-13-17(21)10-6-3-7-11-17/h4-5,8-9,21H,2-3,6-7,10-13H2,1H3,(H2,18,19,20). The number of para-hydroxylation sites is 1. The molecule has 2 amide bonds. The largest absolute Gasteiger partial charge is 0.388 e. The molecule has 5 nitrogen and oxygen atoms in total. The molecule has 22 heavy (non-hydrogen) atoms. The quantitative estimate of drug-likeness (QED) is 0.756. The summed E-state index contributed by atoms with van der Waals surface area (Å²) >= 11 is 0. The Hall–Kier alpha value is -1.59. The summed E-state index contributed by atoms with van der Waals surface area (Å²) in [6.07, 6.45) is 4.73. The van der Waals surface area contributed by atoms with Crippen LogP contribution in [0.25, 0.3) is 0 Å². The molecule has 3 N–H and O–H groups in total. The maximum Gasteiger partial charge on any atom is 0.319 e. The SMILES string of the molecule is CCOCc1ccccc1NC(=O)NCC1(O)CCCCC1. The molecule has 2 rings (SSSR count). The maximum absolute atomic E-state index is 12.0. The fourth-order valence-corrected chi connectivity index (χ4v) is 2.78. The second-order valence-electron chi connectivity index (χ2n) is 5.89. The molecule has 1 aromatic carbocycles. The van der Waals surface area contributed by atoms with Gasteiger partial charge in [0.15, 0.2) is 0 Å². The van der Waals surface area contributed by atoms with Crippen molar-refractivity contribution in [1.29, 1.82) is 0 Å². The second kappa shape index (κ2) is 8.15. The molecule has 1 aliphatic carbocycles. The number of rotatable bonds is 6. The van der Waals surface area contributed by atoms with E-state index in [0.717, 1.165) is 36.9 Å². The van der Waals surface area contributed by atoms with Crippen molar-refractivity contribution in [1.82, 2.24) is 5.32 Å². The van der Waals surface area contributed by atoms with E-state index < -0.39 is 5.60 Å². The Morgan fingerprint density at radius 1 is 1.27 bits per heavy atom. The van der Waals surface area contributed by atoms with Crippen LogP contribution in [0.3, 0.4) is 0 Å². The van der Waals surface area contributed by atoms with Gasteiger partial charge in [-0.15, -0.1) is 0 Å². The number of amides is 2. The smallest absolute Gasteiger partial charge is 0.319 e. The summed E-state index contributed by atoms with van der Waals surface area (Å²) in [5.41, 5.74) is 0.931. The van der Waals surface area contributed by atoms with Crippen molar-refractivity contribution in [2.45, 2.75) is 51.2 Å². The van der Waals surface area contributed by atoms with E-state index in [1.165, 1.54) is 6.42 Å². The van der Waals surface area contributed by atoms with E-state index in [1.54, 1.807) is 0 Å². The number of benzene rings is 1. The number of aliphatic hydroxyl groups is 1. The van der Waals surface area contributed by atoms with E-state index in [4.69, 9.17) is 4.74 Å². The molecule has 0 unspecified atom stereocenters. The van der Waals surface area contributed by atoms with Crippen LogP contribution in [0.5, 0.6) is 0 Å². The van der Waals surface area contributed by atoms with Crippen LogP contribution in [0.1, 0.15) is 44.6 Å². The first-order valence-electron chi connectivity index (χ1n) is 8.06. The third kappa shape index (κ3) is 5.00. The topological polar surface area (TPSA) is 70.6 Å². The van der Waals surface area contributed by atoms with Crippen LogP contribution < -0.4 is 10.6 Å². The average molecular weight is 306 g/mol. The molecule has 1 fully saturated rings. The molecule has 0 aromatic heterocycles. The zero-order valence-corrected chi connectivity index (χ0v) is 13.2. The minimum Gasteiger partial charge on any atom is -0.388 e. The van der Waals surface area contributed by atoms with Crippen LogP contribution in [0, 0.1) is 0 Å². The lowest BCUT2D eigenvalue weighted by atomic mass is 9.85. The molecular formula is C17H26N2O3. The van der Waals surface area contributed by atoms with Crippen molar-refractivity contribution in [3.8, 4) is 0 Å². The molecule has 0 aliphatic heterocycles. The number of hydrogen-bond donors (Lipinski definition) is 3. The van der Waals surface area contributed by atoms with Crippen LogP contribution in [0.2, 0.25) is 0 Å². The predicted octanol–water partition coefficient (Wildman–Crippen LogP) is 3.04. The highest BCUT2D eigenvalue weighted by atomic mass is 16.5. The summed E-state index contributed by atoms with van der Waals surface area (Å²) in [5.74, 6) is 0. The first-order chi connectivity index (χ1) is 10.6. The van der Waals surface area contributed by atoms with E-state index in [1.807, 2.05) is 31.2 Å². The maximum atomic E-state index is 12.0. The Morgan fingerprint density at radius 3 is 2.73 bits per heavy atom. The molecular weight excluding hydrogens is 280 g/mol. The minimum absolute atomic E-state index is 0.289. The molecule has 1 aromatic rings. The zero-order valence-electron chi connectivity index (χ0n) is 13.2.